The number of carbonyl (C=O) groups excluding carboxylic acids is 1. The van der Waals surface area contributed by atoms with Crippen molar-refractivity contribution in [2.45, 2.75) is 5.38 Å². The first-order chi connectivity index (χ1) is 5.79. The lowest BCUT2D eigenvalue weighted by molar-refractivity contribution is -0.107. The van der Waals surface area contributed by atoms with E-state index in [1.807, 2.05) is 0 Å². The van der Waals surface area contributed by atoms with E-state index in [1.165, 1.54) is 6.07 Å². The van der Waals surface area contributed by atoms with Gasteiger partial charge in [0.15, 0.2) is 0 Å². The molecule has 3 nitrogen and oxygen atoms in total. The van der Waals surface area contributed by atoms with Gasteiger partial charge in [-0.1, -0.05) is 18.2 Å². The van der Waals surface area contributed by atoms with Crippen molar-refractivity contribution in [2.75, 3.05) is 0 Å². The third-order valence-corrected chi connectivity index (χ3v) is 1.79. The van der Waals surface area contributed by atoms with Crippen LogP contribution >= 0.6 is 11.6 Å². The molecule has 1 aromatic rings. The van der Waals surface area contributed by atoms with Crippen LogP contribution in [0.25, 0.3) is 0 Å². The Hall–Kier alpha value is -1.22. The number of nitrogens with zero attached hydrogens (tertiary/aromatic N) is 1. The molecule has 0 aromatic heterocycles. The van der Waals surface area contributed by atoms with E-state index in [-0.39, 0.29) is 5.69 Å². The molecule has 0 saturated carbocycles. The topological polar surface area (TPSA) is 46.5 Å². The number of carbonyl (C=O) groups is 1. The molecule has 0 bridgehead atoms. The standard InChI is InChI=1S/C8H6ClNO2/c9-7(5-11)6-3-1-2-4-8(6)10-12/h1-5,7H. The van der Waals surface area contributed by atoms with Gasteiger partial charge < -0.3 is 4.79 Å². The summed E-state index contributed by atoms with van der Waals surface area (Å²) < 4.78 is 0. The SMILES string of the molecule is O=CC(Cl)c1ccccc1N=O. The van der Waals surface area contributed by atoms with E-state index >= 15 is 0 Å². The predicted molar refractivity (Wildman–Crippen MR) is 46.6 cm³/mol. The van der Waals surface area contributed by atoms with Crippen LogP contribution in [0, 0.1) is 4.91 Å². The van der Waals surface area contributed by atoms with Crippen LogP contribution in [-0.2, 0) is 4.79 Å². The zero-order chi connectivity index (χ0) is 8.97. The Kier molecular flexibility index (Phi) is 2.94. The summed E-state index contributed by atoms with van der Waals surface area (Å²) in [6.07, 6.45) is 0.561. The van der Waals surface area contributed by atoms with Crippen LogP contribution in [0.15, 0.2) is 29.4 Å². The zero-order valence-corrected chi connectivity index (χ0v) is 6.86. The third-order valence-electron chi connectivity index (χ3n) is 1.45. The van der Waals surface area contributed by atoms with Gasteiger partial charge in [-0.3, -0.25) is 0 Å². The summed E-state index contributed by atoms with van der Waals surface area (Å²) >= 11 is 5.61. The lowest BCUT2D eigenvalue weighted by atomic mass is 10.1. The van der Waals surface area contributed by atoms with E-state index in [1.54, 1.807) is 18.2 Å². The second-order valence-electron chi connectivity index (χ2n) is 2.19. The molecule has 0 aliphatic carbocycles. The quantitative estimate of drug-likeness (QED) is 0.411. The summed E-state index contributed by atoms with van der Waals surface area (Å²) in [5.41, 5.74) is 0.661. The number of benzene rings is 1. The maximum Gasteiger partial charge on any atom is 0.142 e. The summed E-state index contributed by atoms with van der Waals surface area (Å²) in [4.78, 5) is 20.5. The second kappa shape index (κ2) is 3.97. The number of halogens is 1. The Morgan fingerprint density at radius 3 is 2.67 bits per heavy atom. The molecule has 4 heteroatoms. The highest BCUT2D eigenvalue weighted by Gasteiger charge is 2.10. The van der Waals surface area contributed by atoms with E-state index < -0.39 is 5.38 Å². The number of rotatable bonds is 3. The highest BCUT2D eigenvalue weighted by Crippen LogP contribution is 2.27. The number of hydrogen-bond donors (Lipinski definition) is 0. The molecule has 0 amide bonds. The van der Waals surface area contributed by atoms with Crippen LogP contribution in [-0.4, -0.2) is 6.29 Å². The molecule has 0 saturated heterocycles. The molecule has 0 aliphatic heterocycles. The number of nitroso groups, excluding NO2 is 1. The highest BCUT2D eigenvalue weighted by molar-refractivity contribution is 6.28. The van der Waals surface area contributed by atoms with Gasteiger partial charge in [0.2, 0.25) is 0 Å². The van der Waals surface area contributed by atoms with Crippen molar-refractivity contribution in [2.24, 2.45) is 5.18 Å². The third kappa shape index (κ3) is 1.68. The van der Waals surface area contributed by atoms with E-state index in [9.17, 15) is 9.70 Å². The van der Waals surface area contributed by atoms with Crippen LogP contribution in [0.5, 0.6) is 0 Å². The average molecular weight is 184 g/mol. The van der Waals surface area contributed by atoms with Crippen LogP contribution < -0.4 is 0 Å². The van der Waals surface area contributed by atoms with Crippen molar-refractivity contribution in [1.29, 1.82) is 0 Å². The Morgan fingerprint density at radius 1 is 1.42 bits per heavy atom. The van der Waals surface area contributed by atoms with Gasteiger partial charge in [-0.05, 0) is 11.2 Å². The zero-order valence-electron chi connectivity index (χ0n) is 6.11. The van der Waals surface area contributed by atoms with Gasteiger partial charge in [0.1, 0.15) is 17.4 Å². The first-order valence-corrected chi connectivity index (χ1v) is 3.75. The van der Waals surface area contributed by atoms with E-state index in [2.05, 4.69) is 5.18 Å². The molecular weight excluding hydrogens is 178 g/mol. The minimum atomic E-state index is -0.793. The minimum absolute atomic E-state index is 0.213. The van der Waals surface area contributed by atoms with Crippen molar-refractivity contribution in [3.63, 3.8) is 0 Å². The Morgan fingerprint density at radius 2 is 2.08 bits per heavy atom. The maximum atomic E-state index is 10.3. The van der Waals surface area contributed by atoms with Crippen LogP contribution in [0.2, 0.25) is 0 Å². The molecule has 0 radical (unpaired) electrons. The molecule has 1 atom stereocenters. The second-order valence-corrected chi connectivity index (χ2v) is 2.66. The molecule has 0 aliphatic rings. The Balaban J connectivity index is 3.12. The summed E-state index contributed by atoms with van der Waals surface area (Å²) in [6.45, 7) is 0. The van der Waals surface area contributed by atoms with Crippen molar-refractivity contribution in [3.8, 4) is 0 Å². The molecule has 0 N–H and O–H groups in total. The van der Waals surface area contributed by atoms with Gasteiger partial charge in [0, 0.05) is 5.56 Å². The molecular formula is C8H6ClNO2. The van der Waals surface area contributed by atoms with Crippen molar-refractivity contribution >= 4 is 23.6 Å². The molecule has 1 rings (SSSR count). The largest absolute Gasteiger partial charge is 0.301 e. The van der Waals surface area contributed by atoms with E-state index in [0.29, 0.717) is 11.8 Å². The lowest BCUT2D eigenvalue weighted by Gasteiger charge is -2.02. The highest BCUT2D eigenvalue weighted by atomic mass is 35.5. The van der Waals surface area contributed by atoms with Crippen LogP contribution in [0.3, 0.4) is 0 Å². The monoisotopic (exact) mass is 183 g/mol. The first-order valence-electron chi connectivity index (χ1n) is 3.31. The normalized spacial score (nSPS) is 12.1. The molecule has 12 heavy (non-hydrogen) atoms. The Labute approximate surface area is 74.3 Å². The average Bonchev–Trinajstić information content (AvgIpc) is 2.16. The van der Waals surface area contributed by atoms with Gasteiger partial charge in [-0.2, -0.15) is 0 Å². The molecule has 1 unspecified atom stereocenters. The van der Waals surface area contributed by atoms with Crippen molar-refractivity contribution in [3.05, 3.63) is 34.7 Å². The summed E-state index contributed by atoms with van der Waals surface area (Å²) in [5.74, 6) is 0. The van der Waals surface area contributed by atoms with Crippen LogP contribution in [0.1, 0.15) is 10.9 Å². The summed E-state index contributed by atoms with van der Waals surface area (Å²) in [6, 6.07) is 6.47. The lowest BCUT2D eigenvalue weighted by Crippen LogP contribution is -1.90. The molecule has 1 aromatic carbocycles. The van der Waals surface area contributed by atoms with E-state index in [0.717, 1.165) is 0 Å². The number of hydrogen-bond acceptors (Lipinski definition) is 3. The summed E-state index contributed by atoms with van der Waals surface area (Å²) in [5, 5.41) is 1.95. The Bertz CT molecular complexity index is 301. The maximum absolute atomic E-state index is 10.3. The molecule has 0 heterocycles. The van der Waals surface area contributed by atoms with E-state index in [4.69, 9.17) is 11.6 Å². The fraction of sp³-hybridized carbons (Fsp3) is 0.125. The fourth-order valence-electron chi connectivity index (χ4n) is 0.877. The molecule has 62 valence electrons. The van der Waals surface area contributed by atoms with Gasteiger partial charge in [0.25, 0.3) is 0 Å². The number of aldehydes is 1. The van der Waals surface area contributed by atoms with Crippen LogP contribution in [0.4, 0.5) is 5.69 Å². The predicted octanol–water partition coefficient (Wildman–Crippen LogP) is 2.56. The molecule has 0 spiro atoms. The molecule has 0 fully saturated rings. The van der Waals surface area contributed by atoms with Gasteiger partial charge in [-0.15, -0.1) is 16.5 Å². The van der Waals surface area contributed by atoms with Gasteiger partial charge in [0.05, 0.1) is 0 Å². The minimum Gasteiger partial charge on any atom is -0.301 e. The number of alkyl halides is 1. The van der Waals surface area contributed by atoms with Crippen molar-refractivity contribution in [1.82, 2.24) is 0 Å². The summed E-state index contributed by atoms with van der Waals surface area (Å²) in [7, 11) is 0. The fourth-order valence-corrected chi connectivity index (χ4v) is 1.06. The first kappa shape index (κ1) is 8.87. The van der Waals surface area contributed by atoms with Gasteiger partial charge >= 0.3 is 0 Å². The van der Waals surface area contributed by atoms with Crippen molar-refractivity contribution < 1.29 is 4.79 Å². The van der Waals surface area contributed by atoms with Gasteiger partial charge in [-0.25, -0.2) is 0 Å². The smallest absolute Gasteiger partial charge is 0.142 e.